The predicted octanol–water partition coefficient (Wildman–Crippen LogP) is 3.42. The maximum Gasteiger partial charge on any atom is 0.0233 e. The van der Waals surface area contributed by atoms with Crippen LogP contribution in [0.2, 0.25) is 0 Å². The molecule has 2 heteroatoms. The Morgan fingerprint density at radius 2 is 1.74 bits per heavy atom. The van der Waals surface area contributed by atoms with Crippen LogP contribution in [0.5, 0.6) is 0 Å². The Bertz CT molecular complexity index is 422. The molecular formula is C17H30N2. The van der Waals surface area contributed by atoms with Crippen molar-refractivity contribution >= 4 is 0 Å². The zero-order valence-electron chi connectivity index (χ0n) is 13.5. The van der Waals surface area contributed by atoms with Crippen molar-refractivity contribution in [1.82, 2.24) is 4.90 Å². The van der Waals surface area contributed by atoms with Crippen LogP contribution in [0.25, 0.3) is 0 Å². The zero-order chi connectivity index (χ0) is 14.6. The second-order valence-electron chi connectivity index (χ2n) is 6.65. The molecule has 0 saturated heterocycles. The number of rotatable bonds is 6. The van der Waals surface area contributed by atoms with Crippen LogP contribution in [0.1, 0.15) is 42.5 Å². The fourth-order valence-electron chi connectivity index (χ4n) is 2.15. The Labute approximate surface area is 119 Å². The van der Waals surface area contributed by atoms with Crippen LogP contribution in [0.15, 0.2) is 12.1 Å². The van der Waals surface area contributed by atoms with E-state index in [0.29, 0.717) is 0 Å². The first-order valence-corrected chi connectivity index (χ1v) is 7.21. The topological polar surface area (TPSA) is 29.3 Å². The van der Waals surface area contributed by atoms with Crippen molar-refractivity contribution in [1.29, 1.82) is 0 Å². The van der Waals surface area contributed by atoms with Gasteiger partial charge in [0.15, 0.2) is 0 Å². The highest BCUT2D eigenvalue weighted by atomic mass is 15.1. The largest absolute Gasteiger partial charge is 0.330 e. The van der Waals surface area contributed by atoms with E-state index in [4.69, 9.17) is 5.73 Å². The number of hydrogen-bond donors (Lipinski definition) is 1. The summed E-state index contributed by atoms with van der Waals surface area (Å²) in [5, 5.41) is 0. The standard InChI is InChI=1S/C17H30N2/c1-13-7-8-16(15(3)14(13)2)11-19(6)10-9-17(4,5)12-18/h7-8H,9-12,18H2,1-6H3. The van der Waals surface area contributed by atoms with Crippen molar-refractivity contribution in [2.75, 3.05) is 20.1 Å². The Morgan fingerprint density at radius 3 is 2.32 bits per heavy atom. The van der Waals surface area contributed by atoms with Gasteiger partial charge in [0.25, 0.3) is 0 Å². The van der Waals surface area contributed by atoms with Gasteiger partial charge < -0.3 is 10.6 Å². The van der Waals surface area contributed by atoms with Gasteiger partial charge in [-0.1, -0.05) is 26.0 Å². The number of hydrogen-bond acceptors (Lipinski definition) is 2. The molecule has 0 unspecified atom stereocenters. The molecule has 0 aromatic heterocycles. The summed E-state index contributed by atoms with van der Waals surface area (Å²) in [6, 6.07) is 4.50. The molecule has 1 aromatic carbocycles. The van der Waals surface area contributed by atoms with E-state index in [1.165, 1.54) is 22.3 Å². The first-order chi connectivity index (χ1) is 8.76. The molecule has 0 aliphatic heterocycles. The molecule has 1 aromatic rings. The maximum absolute atomic E-state index is 5.79. The maximum atomic E-state index is 5.79. The molecule has 0 radical (unpaired) electrons. The normalized spacial score (nSPS) is 12.2. The minimum Gasteiger partial charge on any atom is -0.330 e. The summed E-state index contributed by atoms with van der Waals surface area (Å²) in [5.41, 5.74) is 11.7. The molecule has 0 aliphatic carbocycles. The lowest BCUT2D eigenvalue weighted by molar-refractivity contribution is 0.248. The third-order valence-electron chi connectivity index (χ3n) is 4.33. The third-order valence-corrected chi connectivity index (χ3v) is 4.33. The molecule has 0 fully saturated rings. The molecule has 0 bridgehead atoms. The summed E-state index contributed by atoms with van der Waals surface area (Å²) in [7, 11) is 2.20. The zero-order valence-corrected chi connectivity index (χ0v) is 13.5. The Hall–Kier alpha value is -0.860. The highest BCUT2D eigenvalue weighted by molar-refractivity contribution is 5.38. The SMILES string of the molecule is Cc1ccc(CN(C)CCC(C)(C)CN)c(C)c1C. The molecule has 0 amide bonds. The summed E-state index contributed by atoms with van der Waals surface area (Å²) >= 11 is 0. The number of benzene rings is 1. The van der Waals surface area contributed by atoms with Gasteiger partial charge in [-0.2, -0.15) is 0 Å². The van der Waals surface area contributed by atoms with Crippen molar-refractivity contribution in [3.8, 4) is 0 Å². The first-order valence-electron chi connectivity index (χ1n) is 7.21. The predicted molar refractivity (Wildman–Crippen MR) is 84.4 cm³/mol. The molecular weight excluding hydrogens is 232 g/mol. The Balaban J connectivity index is 2.63. The van der Waals surface area contributed by atoms with Crippen LogP contribution in [-0.2, 0) is 6.54 Å². The van der Waals surface area contributed by atoms with Crippen molar-refractivity contribution in [3.63, 3.8) is 0 Å². The number of nitrogens with two attached hydrogens (primary N) is 1. The second kappa shape index (κ2) is 6.53. The van der Waals surface area contributed by atoms with Crippen LogP contribution >= 0.6 is 0 Å². The number of nitrogens with zero attached hydrogens (tertiary/aromatic N) is 1. The summed E-state index contributed by atoms with van der Waals surface area (Å²) in [6.45, 7) is 14.0. The average molecular weight is 262 g/mol. The molecule has 0 saturated carbocycles. The van der Waals surface area contributed by atoms with Crippen molar-refractivity contribution in [2.45, 2.75) is 47.6 Å². The Kier molecular flexibility index (Phi) is 5.57. The molecule has 0 atom stereocenters. The van der Waals surface area contributed by atoms with Crippen LogP contribution < -0.4 is 5.73 Å². The van der Waals surface area contributed by atoms with E-state index in [9.17, 15) is 0 Å². The van der Waals surface area contributed by atoms with Crippen molar-refractivity contribution < 1.29 is 0 Å². The number of aryl methyl sites for hydroxylation is 1. The van der Waals surface area contributed by atoms with Gasteiger partial charge in [0.2, 0.25) is 0 Å². The molecule has 0 heterocycles. The molecule has 108 valence electrons. The van der Waals surface area contributed by atoms with Gasteiger partial charge in [-0.25, -0.2) is 0 Å². The summed E-state index contributed by atoms with van der Waals surface area (Å²) in [6.07, 6.45) is 1.14. The molecule has 0 aliphatic rings. The fraction of sp³-hybridized carbons (Fsp3) is 0.647. The second-order valence-corrected chi connectivity index (χ2v) is 6.65. The fourth-order valence-corrected chi connectivity index (χ4v) is 2.15. The molecule has 19 heavy (non-hydrogen) atoms. The van der Waals surface area contributed by atoms with Gasteiger partial charge in [-0.05, 0) is 75.0 Å². The van der Waals surface area contributed by atoms with E-state index in [2.05, 4.69) is 58.7 Å². The quantitative estimate of drug-likeness (QED) is 0.851. The van der Waals surface area contributed by atoms with E-state index in [1.807, 2.05) is 0 Å². The van der Waals surface area contributed by atoms with E-state index in [1.54, 1.807) is 0 Å². The summed E-state index contributed by atoms with van der Waals surface area (Å²) in [4.78, 5) is 2.40. The summed E-state index contributed by atoms with van der Waals surface area (Å²) in [5.74, 6) is 0. The van der Waals surface area contributed by atoms with E-state index in [-0.39, 0.29) is 5.41 Å². The monoisotopic (exact) mass is 262 g/mol. The van der Waals surface area contributed by atoms with Gasteiger partial charge in [-0.3, -0.25) is 0 Å². The van der Waals surface area contributed by atoms with E-state index >= 15 is 0 Å². The van der Waals surface area contributed by atoms with Crippen molar-refractivity contribution in [2.24, 2.45) is 11.1 Å². The minimum absolute atomic E-state index is 0.243. The van der Waals surface area contributed by atoms with Gasteiger partial charge in [0, 0.05) is 6.54 Å². The van der Waals surface area contributed by atoms with E-state index < -0.39 is 0 Å². The van der Waals surface area contributed by atoms with Crippen LogP contribution in [0.3, 0.4) is 0 Å². The highest BCUT2D eigenvalue weighted by Gasteiger charge is 2.16. The molecule has 2 N–H and O–H groups in total. The van der Waals surface area contributed by atoms with Crippen LogP contribution in [0, 0.1) is 26.2 Å². The van der Waals surface area contributed by atoms with Crippen LogP contribution in [-0.4, -0.2) is 25.0 Å². The van der Waals surface area contributed by atoms with Crippen molar-refractivity contribution in [3.05, 3.63) is 34.4 Å². The minimum atomic E-state index is 0.243. The Morgan fingerprint density at radius 1 is 1.11 bits per heavy atom. The molecule has 0 spiro atoms. The van der Waals surface area contributed by atoms with Gasteiger partial charge >= 0.3 is 0 Å². The third kappa shape index (κ3) is 4.63. The average Bonchev–Trinajstić information content (AvgIpc) is 2.37. The lowest BCUT2D eigenvalue weighted by Crippen LogP contribution is -2.29. The smallest absolute Gasteiger partial charge is 0.0233 e. The lowest BCUT2D eigenvalue weighted by atomic mass is 9.89. The van der Waals surface area contributed by atoms with Gasteiger partial charge in [-0.15, -0.1) is 0 Å². The summed E-state index contributed by atoms with van der Waals surface area (Å²) < 4.78 is 0. The van der Waals surface area contributed by atoms with Crippen LogP contribution in [0.4, 0.5) is 0 Å². The molecule has 1 rings (SSSR count). The van der Waals surface area contributed by atoms with Gasteiger partial charge in [0.05, 0.1) is 0 Å². The van der Waals surface area contributed by atoms with E-state index in [0.717, 1.165) is 26.1 Å². The first kappa shape index (κ1) is 16.2. The lowest BCUT2D eigenvalue weighted by Gasteiger charge is -2.26. The van der Waals surface area contributed by atoms with Gasteiger partial charge in [0.1, 0.15) is 0 Å². The molecule has 2 nitrogen and oxygen atoms in total. The highest BCUT2D eigenvalue weighted by Crippen LogP contribution is 2.21.